The minimum atomic E-state index is -0.135. The topological polar surface area (TPSA) is 107 Å². The smallest absolute Gasteiger partial charge is 0.221 e. The predicted molar refractivity (Wildman–Crippen MR) is 123 cm³/mol. The van der Waals surface area contributed by atoms with Gasteiger partial charge in [-0.1, -0.05) is 30.3 Å². The lowest BCUT2D eigenvalue weighted by molar-refractivity contribution is -0.115. The maximum Gasteiger partial charge on any atom is 0.221 e. The lowest BCUT2D eigenvalue weighted by Crippen LogP contribution is -2.05. The van der Waals surface area contributed by atoms with Crippen LogP contribution in [0.1, 0.15) is 19.4 Å². The second-order valence-electron chi connectivity index (χ2n) is 6.60. The van der Waals surface area contributed by atoms with Gasteiger partial charge in [-0.2, -0.15) is 5.10 Å². The van der Waals surface area contributed by atoms with Crippen molar-refractivity contribution < 1.29 is 9.59 Å². The number of benzene rings is 3. The van der Waals surface area contributed by atoms with Gasteiger partial charge >= 0.3 is 0 Å². The SMILES string of the molecule is CC(=O)Nc1ccc(N=N/C(=N\Nc2ccc(NC(C)=O)cc2)c2ccccc2)cc1. The molecule has 3 rings (SSSR count). The first-order valence-electron chi connectivity index (χ1n) is 9.56. The highest BCUT2D eigenvalue weighted by Crippen LogP contribution is 2.18. The lowest BCUT2D eigenvalue weighted by Gasteiger charge is -2.06. The molecule has 31 heavy (non-hydrogen) atoms. The van der Waals surface area contributed by atoms with Crippen molar-refractivity contribution in [3.63, 3.8) is 0 Å². The van der Waals surface area contributed by atoms with Crippen molar-refractivity contribution in [2.75, 3.05) is 16.1 Å². The summed E-state index contributed by atoms with van der Waals surface area (Å²) >= 11 is 0. The lowest BCUT2D eigenvalue weighted by atomic mass is 10.2. The van der Waals surface area contributed by atoms with Crippen LogP contribution in [0, 0.1) is 0 Å². The van der Waals surface area contributed by atoms with Crippen LogP contribution in [0.2, 0.25) is 0 Å². The molecule has 0 saturated carbocycles. The van der Waals surface area contributed by atoms with E-state index in [1.54, 1.807) is 48.5 Å². The number of carbonyl (C=O) groups excluding carboxylic acids is 2. The highest BCUT2D eigenvalue weighted by atomic mass is 16.2. The number of hydrazone groups is 1. The van der Waals surface area contributed by atoms with E-state index in [2.05, 4.69) is 31.4 Å². The van der Waals surface area contributed by atoms with Crippen molar-refractivity contribution in [2.45, 2.75) is 13.8 Å². The third-order valence-electron chi connectivity index (χ3n) is 3.98. The van der Waals surface area contributed by atoms with Gasteiger partial charge in [-0.05, 0) is 48.5 Å². The van der Waals surface area contributed by atoms with Crippen molar-refractivity contribution in [2.24, 2.45) is 15.3 Å². The van der Waals surface area contributed by atoms with Gasteiger partial charge in [0.05, 0.1) is 11.4 Å². The van der Waals surface area contributed by atoms with Gasteiger partial charge in [0.25, 0.3) is 0 Å². The van der Waals surface area contributed by atoms with E-state index >= 15 is 0 Å². The van der Waals surface area contributed by atoms with Crippen LogP contribution in [0.4, 0.5) is 22.7 Å². The molecule has 3 aromatic carbocycles. The molecule has 156 valence electrons. The molecule has 0 aliphatic carbocycles. The normalized spacial score (nSPS) is 11.2. The predicted octanol–water partition coefficient (Wildman–Crippen LogP) is 5.16. The molecule has 0 aliphatic rings. The Morgan fingerprint density at radius 3 is 1.74 bits per heavy atom. The monoisotopic (exact) mass is 414 g/mol. The molecule has 0 spiro atoms. The van der Waals surface area contributed by atoms with Crippen LogP contribution in [0.25, 0.3) is 0 Å². The van der Waals surface area contributed by atoms with Crippen molar-refractivity contribution >= 4 is 40.4 Å². The third kappa shape index (κ3) is 6.90. The number of amidine groups is 1. The first kappa shape index (κ1) is 21.4. The van der Waals surface area contributed by atoms with Crippen molar-refractivity contribution in [1.29, 1.82) is 0 Å². The van der Waals surface area contributed by atoms with Crippen LogP contribution in [-0.4, -0.2) is 17.6 Å². The summed E-state index contributed by atoms with van der Waals surface area (Å²) in [6.07, 6.45) is 0. The summed E-state index contributed by atoms with van der Waals surface area (Å²) in [4.78, 5) is 22.3. The van der Waals surface area contributed by atoms with Gasteiger partial charge in [-0.25, -0.2) is 0 Å². The molecule has 0 fully saturated rings. The van der Waals surface area contributed by atoms with Gasteiger partial charge in [0.2, 0.25) is 17.6 Å². The third-order valence-corrected chi connectivity index (χ3v) is 3.98. The van der Waals surface area contributed by atoms with E-state index < -0.39 is 0 Å². The second kappa shape index (κ2) is 10.4. The van der Waals surface area contributed by atoms with Gasteiger partial charge in [0.1, 0.15) is 0 Å². The van der Waals surface area contributed by atoms with Crippen LogP contribution in [0.5, 0.6) is 0 Å². The van der Waals surface area contributed by atoms with Crippen LogP contribution in [0.15, 0.2) is 94.2 Å². The molecular weight excluding hydrogens is 392 g/mol. The fraction of sp³-hybridized carbons (Fsp3) is 0.0870. The first-order valence-corrected chi connectivity index (χ1v) is 9.56. The van der Waals surface area contributed by atoms with Crippen molar-refractivity contribution in [1.82, 2.24) is 0 Å². The van der Waals surface area contributed by atoms with E-state index in [1.807, 2.05) is 30.3 Å². The zero-order chi connectivity index (χ0) is 22.1. The molecule has 0 saturated heterocycles. The number of nitrogens with one attached hydrogen (secondary N) is 3. The Labute approximate surface area is 180 Å². The number of hydrogen-bond donors (Lipinski definition) is 3. The van der Waals surface area contributed by atoms with E-state index in [0.717, 1.165) is 11.3 Å². The van der Waals surface area contributed by atoms with Crippen molar-refractivity contribution in [3.8, 4) is 0 Å². The van der Waals surface area contributed by atoms with Gasteiger partial charge < -0.3 is 10.6 Å². The maximum atomic E-state index is 11.1. The Morgan fingerprint density at radius 2 is 1.19 bits per heavy atom. The zero-order valence-electron chi connectivity index (χ0n) is 17.2. The summed E-state index contributed by atoms with van der Waals surface area (Å²) in [5, 5.41) is 18.4. The average molecular weight is 414 g/mol. The fourth-order valence-electron chi connectivity index (χ4n) is 2.60. The Bertz CT molecular complexity index is 1090. The molecule has 2 amide bonds. The van der Waals surface area contributed by atoms with Crippen LogP contribution < -0.4 is 16.1 Å². The van der Waals surface area contributed by atoms with Crippen LogP contribution in [-0.2, 0) is 9.59 Å². The Morgan fingerprint density at radius 1 is 0.677 bits per heavy atom. The number of nitrogens with zero attached hydrogens (tertiary/aromatic N) is 3. The quantitative estimate of drug-likeness (QED) is 0.224. The molecule has 8 nitrogen and oxygen atoms in total. The summed E-state index contributed by atoms with van der Waals surface area (Å²) in [7, 11) is 0. The minimum Gasteiger partial charge on any atom is -0.326 e. The number of azo groups is 1. The van der Waals surface area contributed by atoms with Gasteiger partial charge in [-0.3, -0.25) is 15.0 Å². The molecule has 0 unspecified atom stereocenters. The Hall–Kier alpha value is -4.33. The number of carbonyl (C=O) groups is 2. The summed E-state index contributed by atoms with van der Waals surface area (Å²) < 4.78 is 0. The van der Waals surface area contributed by atoms with E-state index in [-0.39, 0.29) is 11.8 Å². The summed E-state index contributed by atoms with van der Waals surface area (Å²) in [5.41, 5.74) is 6.51. The van der Waals surface area contributed by atoms with Gasteiger partial charge in [0, 0.05) is 30.8 Å². The zero-order valence-corrected chi connectivity index (χ0v) is 17.2. The maximum absolute atomic E-state index is 11.1. The highest BCUT2D eigenvalue weighted by molar-refractivity contribution is 5.99. The van der Waals surface area contributed by atoms with E-state index in [4.69, 9.17) is 0 Å². The van der Waals surface area contributed by atoms with Gasteiger partial charge in [0.15, 0.2) is 0 Å². The number of anilines is 3. The standard InChI is InChI=1S/C23H22N6O2/c1-16(30)24-19-8-12-21(13-9-19)26-28-23(18-6-4-3-5-7-18)29-27-22-14-10-20(11-15-22)25-17(2)31/h3-15,26H,1-2H3,(H,24,30)(H,25,31)/b28-23-,29-27?. The largest absolute Gasteiger partial charge is 0.326 e. The number of amides is 2. The molecule has 0 aliphatic heterocycles. The second-order valence-corrected chi connectivity index (χ2v) is 6.60. The van der Waals surface area contributed by atoms with Gasteiger partial charge in [-0.15, -0.1) is 10.2 Å². The molecule has 0 heterocycles. The molecule has 0 radical (unpaired) electrons. The number of rotatable bonds is 6. The first-order chi connectivity index (χ1) is 15.0. The van der Waals surface area contributed by atoms with E-state index in [9.17, 15) is 9.59 Å². The van der Waals surface area contributed by atoms with E-state index in [0.29, 0.717) is 22.9 Å². The molecule has 8 heteroatoms. The molecular formula is C23H22N6O2. The summed E-state index contributed by atoms with van der Waals surface area (Å²) in [6.45, 7) is 2.91. The molecule has 0 bridgehead atoms. The van der Waals surface area contributed by atoms with Crippen LogP contribution >= 0.6 is 0 Å². The summed E-state index contributed by atoms with van der Waals surface area (Å²) in [6, 6.07) is 23.6. The molecule has 3 aromatic rings. The van der Waals surface area contributed by atoms with Crippen LogP contribution in [0.3, 0.4) is 0 Å². The Kier molecular flexibility index (Phi) is 7.21. The molecule has 0 atom stereocenters. The average Bonchev–Trinajstić information content (AvgIpc) is 2.76. The van der Waals surface area contributed by atoms with Crippen molar-refractivity contribution in [3.05, 3.63) is 84.4 Å². The fourth-order valence-corrected chi connectivity index (χ4v) is 2.60. The minimum absolute atomic E-state index is 0.129. The Balaban J connectivity index is 1.77. The molecule has 3 N–H and O–H groups in total. The highest BCUT2D eigenvalue weighted by Gasteiger charge is 2.03. The summed E-state index contributed by atoms with van der Waals surface area (Å²) in [5.74, 6) is 0.136. The molecule has 0 aromatic heterocycles. The number of hydrogen-bond acceptors (Lipinski definition) is 5. The van der Waals surface area contributed by atoms with E-state index in [1.165, 1.54) is 13.8 Å².